The highest BCUT2D eigenvalue weighted by atomic mass is 15.1. The number of para-hydroxylation sites is 1. The van der Waals surface area contributed by atoms with Gasteiger partial charge in [0.15, 0.2) is 0 Å². The van der Waals surface area contributed by atoms with Crippen LogP contribution in [0, 0.1) is 5.92 Å². The van der Waals surface area contributed by atoms with E-state index >= 15 is 0 Å². The summed E-state index contributed by atoms with van der Waals surface area (Å²) >= 11 is 0. The van der Waals surface area contributed by atoms with Crippen molar-refractivity contribution in [1.82, 2.24) is 0 Å². The van der Waals surface area contributed by atoms with E-state index in [0.717, 1.165) is 18.7 Å². The normalized spacial score (nSPS) is 23.7. The van der Waals surface area contributed by atoms with Crippen molar-refractivity contribution in [3.8, 4) is 0 Å². The van der Waals surface area contributed by atoms with E-state index in [1.165, 1.54) is 11.3 Å². The summed E-state index contributed by atoms with van der Waals surface area (Å²) in [4.78, 5) is 4.63. The van der Waals surface area contributed by atoms with Crippen molar-refractivity contribution in [3.63, 3.8) is 0 Å². The van der Waals surface area contributed by atoms with E-state index in [1.54, 1.807) is 0 Å². The summed E-state index contributed by atoms with van der Waals surface area (Å²) in [7, 11) is 0. The molecular weight excluding hydrogens is 174 g/mol. The Morgan fingerprint density at radius 2 is 2.07 bits per heavy atom. The molecule has 0 spiro atoms. The molecule has 1 atom stereocenters. The number of rotatable bonds is 0. The van der Waals surface area contributed by atoms with Crippen LogP contribution in [0.25, 0.3) is 0 Å². The first-order chi connectivity index (χ1) is 6.93. The fourth-order valence-corrected chi connectivity index (χ4v) is 2.03. The lowest BCUT2D eigenvalue weighted by Crippen LogP contribution is -2.27. The zero-order valence-electron chi connectivity index (χ0n) is 7.85. The third kappa shape index (κ3) is 1.16. The molecule has 0 bridgehead atoms. The second-order valence-corrected chi connectivity index (χ2v) is 3.76. The molecule has 2 aliphatic heterocycles. The number of nitrogens with zero attached hydrogens (tertiary/aromatic N) is 3. The van der Waals surface area contributed by atoms with Crippen LogP contribution in [0.15, 0.2) is 39.5 Å². The van der Waals surface area contributed by atoms with E-state index in [9.17, 15) is 0 Å². The van der Waals surface area contributed by atoms with Crippen molar-refractivity contribution < 1.29 is 0 Å². The summed E-state index contributed by atoms with van der Waals surface area (Å²) in [5.41, 5.74) is 3.67. The van der Waals surface area contributed by atoms with Gasteiger partial charge in [-0.15, -0.1) is 0 Å². The predicted octanol–water partition coefficient (Wildman–Crippen LogP) is 2.40. The molecule has 3 nitrogen and oxygen atoms in total. The second-order valence-electron chi connectivity index (χ2n) is 3.76. The lowest BCUT2D eigenvalue weighted by molar-refractivity contribution is 0.629. The third-order valence-electron chi connectivity index (χ3n) is 2.83. The SMILES string of the molecule is c1ccc2c(c1)CC1CN=NCC1=N2. The molecule has 1 aromatic carbocycles. The van der Waals surface area contributed by atoms with Gasteiger partial charge in [0.05, 0.1) is 18.8 Å². The van der Waals surface area contributed by atoms with Crippen molar-refractivity contribution in [2.75, 3.05) is 13.1 Å². The number of hydrogen-bond donors (Lipinski definition) is 0. The Balaban J connectivity index is 2.07. The maximum atomic E-state index is 4.63. The topological polar surface area (TPSA) is 37.1 Å². The minimum absolute atomic E-state index is 0.502. The first kappa shape index (κ1) is 7.85. The van der Waals surface area contributed by atoms with Crippen LogP contribution in [-0.2, 0) is 6.42 Å². The predicted molar refractivity (Wildman–Crippen MR) is 55.3 cm³/mol. The van der Waals surface area contributed by atoms with Crippen LogP contribution in [0.1, 0.15) is 5.56 Å². The van der Waals surface area contributed by atoms with Gasteiger partial charge in [0, 0.05) is 11.6 Å². The third-order valence-corrected chi connectivity index (χ3v) is 2.83. The van der Waals surface area contributed by atoms with E-state index in [1.807, 2.05) is 6.07 Å². The molecule has 0 radical (unpaired) electrons. The molecule has 0 aromatic heterocycles. The Morgan fingerprint density at radius 3 is 3.07 bits per heavy atom. The maximum Gasteiger partial charge on any atom is 0.0985 e. The molecule has 0 saturated heterocycles. The molecule has 0 saturated carbocycles. The maximum absolute atomic E-state index is 4.63. The highest BCUT2D eigenvalue weighted by molar-refractivity contribution is 5.93. The average molecular weight is 185 g/mol. The van der Waals surface area contributed by atoms with E-state index in [2.05, 4.69) is 33.4 Å². The Bertz CT molecular complexity index is 420. The van der Waals surface area contributed by atoms with Crippen molar-refractivity contribution in [3.05, 3.63) is 29.8 Å². The van der Waals surface area contributed by atoms with E-state index in [4.69, 9.17) is 0 Å². The summed E-state index contributed by atoms with van der Waals surface area (Å²) in [5.74, 6) is 0.502. The van der Waals surface area contributed by atoms with Crippen molar-refractivity contribution in [2.45, 2.75) is 6.42 Å². The van der Waals surface area contributed by atoms with Gasteiger partial charge < -0.3 is 0 Å². The van der Waals surface area contributed by atoms with Gasteiger partial charge in [-0.05, 0) is 18.1 Å². The summed E-state index contributed by atoms with van der Waals surface area (Å²) in [5, 5.41) is 8.11. The first-order valence-electron chi connectivity index (χ1n) is 4.92. The Kier molecular flexibility index (Phi) is 1.69. The van der Waals surface area contributed by atoms with Crippen LogP contribution in [-0.4, -0.2) is 18.8 Å². The Labute approximate surface area is 82.6 Å². The largest absolute Gasteiger partial charge is 0.255 e. The van der Waals surface area contributed by atoms with E-state index in [-0.39, 0.29) is 0 Å². The zero-order valence-corrected chi connectivity index (χ0v) is 7.85. The molecule has 0 amide bonds. The lowest BCUT2D eigenvalue weighted by Gasteiger charge is -2.24. The second kappa shape index (κ2) is 3.01. The molecule has 1 unspecified atom stereocenters. The number of benzene rings is 1. The van der Waals surface area contributed by atoms with Gasteiger partial charge in [-0.2, -0.15) is 10.2 Å². The molecule has 2 aliphatic rings. The van der Waals surface area contributed by atoms with Gasteiger partial charge in [-0.25, -0.2) is 0 Å². The van der Waals surface area contributed by atoms with Crippen molar-refractivity contribution >= 4 is 11.4 Å². The quantitative estimate of drug-likeness (QED) is 0.595. The van der Waals surface area contributed by atoms with Crippen LogP contribution < -0.4 is 0 Å². The minimum atomic E-state index is 0.502. The highest BCUT2D eigenvalue weighted by Crippen LogP contribution is 2.29. The summed E-state index contributed by atoms with van der Waals surface area (Å²) < 4.78 is 0. The fraction of sp³-hybridized carbons (Fsp3) is 0.364. The van der Waals surface area contributed by atoms with Crippen LogP contribution >= 0.6 is 0 Å². The van der Waals surface area contributed by atoms with E-state index < -0.39 is 0 Å². The number of aliphatic imine (C=N–C) groups is 1. The summed E-state index contributed by atoms with van der Waals surface area (Å²) in [6.45, 7) is 1.51. The average Bonchev–Trinajstić information content (AvgIpc) is 2.26. The number of fused-ring (bicyclic) bond motifs is 2. The highest BCUT2D eigenvalue weighted by Gasteiger charge is 2.24. The van der Waals surface area contributed by atoms with E-state index in [0.29, 0.717) is 12.5 Å². The molecule has 14 heavy (non-hydrogen) atoms. The standard InChI is InChI=1S/C11H11N3/c1-2-4-10-8(3-1)5-9-6-12-13-7-11(9)14-10/h1-4,9H,5-7H2. The van der Waals surface area contributed by atoms with Gasteiger partial charge in [0.2, 0.25) is 0 Å². The van der Waals surface area contributed by atoms with Gasteiger partial charge in [0.25, 0.3) is 0 Å². The van der Waals surface area contributed by atoms with Crippen molar-refractivity contribution in [2.24, 2.45) is 21.1 Å². The molecule has 0 fully saturated rings. The molecular formula is C11H11N3. The monoisotopic (exact) mass is 185 g/mol. The summed E-state index contributed by atoms with van der Waals surface area (Å²) in [6.07, 6.45) is 1.08. The summed E-state index contributed by atoms with van der Waals surface area (Å²) in [6, 6.07) is 8.34. The van der Waals surface area contributed by atoms with Gasteiger partial charge >= 0.3 is 0 Å². The molecule has 0 N–H and O–H groups in total. The van der Waals surface area contributed by atoms with Gasteiger partial charge in [-0.3, -0.25) is 4.99 Å². The van der Waals surface area contributed by atoms with Crippen molar-refractivity contribution in [1.29, 1.82) is 0 Å². The van der Waals surface area contributed by atoms with Crippen LogP contribution in [0.2, 0.25) is 0 Å². The minimum Gasteiger partial charge on any atom is -0.255 e. The molecule has 3 rings (SSSR count). The first-order valence-corrected chi connectivity index (χ1v) is 4.92. The van der Waals surface area contributed by atoms with Crippen LogP contribution in [0.5, 0.6) is 0 Å². The van der Waals surface area contributed by atoms with Crippen LogP contribution in [0.4, 0.5) is 5.69 Å². The number of azo groups is 1. The molecule has 3 heteroatoms. The fourth-order valence-electron chi connectivity index (χ4n) is 2.03. The zero-order chi connectivity index (χ0) is 9.38. The lowest BCUT2D eigenvalue weighted by atomic mass is 9.90. The molecule has 70 valence electrons. The van der Waals surface area contributed by atoms with Gasteiger partial charge in [-0.1, -0.05) is 18.2 Å². The smallest absolute Gasteiger partial charge is 0.0985 e. The van der Waals surface area contributed by atoms with Gasteiger partial charge in [0.1, 0.15) is 0 Å². The Morgan fingerprint density at radius 1 is 1.14 bits per heavy atom. The number of hydrogen-bond acceptors (Lipinski definition) is 3. The molecule has 0 aliphatic carbocycles. The van der Waals surface area contributed by atoms with Crippen LogP contribution in [0.3, 0.4) is 0 Å². The molecule has 1 aromatic rings. The molecule has 2 heterocycles. The Hall–Kier alpha value is -1.51.